The lowest BCUT2D eigenvalue weighted by atomic mass is 10.0. The van der Waals surface area contributed by atoms with Crippen LogP contribution in [0, 0.1) is 0 Å². The molecule has 0 amide bonds. The van der Waals surface area contributed by atoms with Gasteiger partial charge in [0.25, 0.3) is 6.01 Å². The van der Waals surface area contributed by atoms with Crippen LogP contribution in [-0.2, 0) is 0 Å². The quantitative estimate of drug-likeness (QED) is 0.706. The maximum Gasteiger partial charge on any atom is 0.299 e. The number of hydrogen-bond donors (Lipinski definition) is 0. The summed E-state index contributed by atoms with van der Waals surface area (Å²) < 4.78 is 6.06. The Bertz CT molecular complexity index is 895. The average Bonchev–Trinajstić information content (AvgIpc) is 3.18. The number of pyridine rings is 2. The van der Waals surface area contributed by atoms with Gasteiger partial charge in [0, 0.05) is 37.1 Å². The van der Waals surface area contributed by atoms with Crippen LogP contribution in [-0.4, -0.2) is 52.1 Å². The van der Waals surface area contributed by atoms with Crippen LogP contribution in [0.5, 0.6) is 0 Å². The van der Waals surface area contributed by atoms with E-state index in [0.29, 0.717) is 11.7 Å². The van der Waals surface area contributed by atoms with Crippen molar-refractivity contribution >= 4 is 17.2 Å². The standard InChI is InChI=1S/C21H25N5O/c1-4-10-25(11-5-1)17-7-12-26(13-8-17)21-24-20-19(27-21)14-16(15-23-20)18-6-2-3-9-22-18/h2-3,6,9,14-15,17H,1,4-5,7-8,10-13H2. The van der Waals surface area contributed by atoms with E-state index in [0.717, 1.165) is 36.0 Å². The average molecular weight is 363 g/mol. The van der Waals surface area contributed by atoms with Crippen LogP contribution in [0.25, 0.3) is 22.5 Å². The second-order valence-corrected chi connectivity index (χ2v) is 7.57. The molecule has 140 valence electrons. The normalized spacial score (nSPS) is 19.6. The molecule has 0 unspecified atom stereocenters. The number of fused-ring (bicyclic) bond motifs is 1. The highest BCUT2D eigenvalue weighted by Gasteiger charge is 2.27. The van der Waals surface area contributed by atoms with Gasteiger partial charge in [-0.15, -0.1) is 0 Å². The van der Waals surface area contributed by atoms with Gasteiger partial charge in [0.15, 0.2) is 5.58 Å². The van der Waals surface area contributed by atoms with E-state index in [1.165, 1.54) is 45.2 Å². The minimum atomic E-state index is 0.669. The number of aromatic nitrogens is 3. The Labute approximate surface area is 159 Å². The molecule has 3 aromatic rings. The van der Waals surface area contributed by atoms with E-state index in [2.05, 4.69) is 24.8 Å². The number of nitrogens with zero attached hydrogens (tertiary/aromatic N) is 5. The topological polar surface area (TPSA) is 58.3 Å². The lowest BCUT2D eigenvalue weighted by Crippen LogP contribution is -2.46. The van der Waals surface area contributed by atoms with Gasteiger partial charge < -0.3 is 14.2 Å². The number of hydrogen-bond acceptors (Lipinski definition) is 6. The molecule has 0 saturated carbocycles. The molecule has 0 aromatic carbocycles. The van der Waals surface area contributed by atoms with Crippen molar-refractivity contribution in [1.29, 1.82) is 0 Å². The summed E-state index contributed by atoms with van der Waals surface area (Å²) in [7, 11) is 0. The predicted octanol–water partition coefficient (Wildman–Crippen LogP) is 3.74. The van der Waals surface area contributed by atoms with Crippen molar-refractivity contribution in [2.45, 2.75) is 38.1 Å². The van der Waals surface area contributed by atoms with Gasteiger partial charge >= 0.3 is 0 Å². The summed E-state index contributed by atoms with van der Waals surface area (Å²) in [5.74, 6) is 0. The molecule has 27 heavy (non-hydrogen) atoms. The number of oxazole rings is 1. The van der Waals surface area contributed by atoms with Crippen LogP contribution < -0.4 is 4.90 Å². The Balaban J connectivity index is 1.31. The third-order valence-electron chi connectivity index (χ3n) is 5.84. The summed E-state index contributed by atoms with van der Waals surface area (Å²) in [6, 6.07) is 9.28. The van der Waals surface area contributed by atoms with Crippen molar-refractivity contribution in [3.05, 3.63) is 36.7 Å². The molecule has 2 saturated heterocycles. The van der Waals surface area contributed by atoms with Gasteiger partial charge in [-0.05, 0) is 57.0 Å². The molecule has 5 heterocycles. The lowest BCUT2D eigenvalue weighted by Gasteiger charge is -2.39. The van der Waals surface area contributed by atoms with Crippen LogP contribution in [0.4, 0.5) is 6.01 Å². The summed E-state index contributed by atoms with van der Waals surface area (Å²) in [4.78, 5) is 18.4. The molecular formula is C21H25N5O. The van der Waals surface area contributed by atoms with Gasteiger partial charge in [0.05, 0.1) is 5.69 Å². The number of anilines is 1. The van der Waals surface area contributed by atoms with Gasteiger partial charge in [-0.25, -0.2) is 4.98 Å². The van der Waals surface area contributed by atoms with Crippen LogP contribution in [0.15, 0.2) is 41.1 Å². The Hall–Kier alpha value is -2.47. The van der Waals surface area contributed by atoms with Crippen molar-refractivity contribution < 1.29 is 4.42 Å². The highest BCUT2D eigenvalue weighted by molar-refractivity contribution is 5.76. The maximum absolute atomic E-state index is 6.06. The van der Waals surface area contributed by atoms with E-state index in [9.17, 15) is 0 Å². The van der Waals surface area contributed by atoms with E-state index < -0.39 is 0 Å². The Morgan fingerprint density at radius 1 is 0.963 bits per heavy atom. The highest BCUT2D eigenvalue weighted by Crippen LogP contribution is 2.28. The molecule has 0 spiro atoms. The van der Waals surface area contributed by atoms with Crippen LogP contribution >= 0.6 is 0 Å². The van der Waals surface area contributed by atoms with E-state index in [4.69, 9.17) is 4.42 Å². The van der Waals surface area contributed by atoms with Gasteiger partial charge in [-0.1, -0.05) is 12.5 Å². The number of rotatable bonds is 3. The third-order valence-corrected chi connectivity index (χ3v) is 5.84. The second-order valence-electron chi connectivity index (χ2n) is 7.57. The molecule has 0 aliphatic carbocycles. The van der Waals surface area contributed by atoms with Gasteiger partial charge in [-0.3, -0.25) is 4.98 Å². The first-order chi connectivity index (χ1) is 13.4. The zero-order valence-electron chi connectivity index (χ0n) is 15.5. The van der Waals surface area contributed by atoms with Crippen LogP contribution in [0.1, 0.15) is 32.1 Å². The zero-order chi connectivity index (χ0) is 18.1. The van der Waals surface area contributed by atoms with E-state index in [1.807, 2.05) is 30.5 Å². The number of piperidine rings is 2. The molecule has 0 N–H and O–H groups in total. The first-order valence-electron chi connectivity index (χ1n) is 10.0. The van der Waals surface area contributed by atoms with E-state index >= 15 is 0 Å². The first-order valence-corrected chi connectivity index (χ1v) is 10.0. The van der Waals surface area contributed by atoms with Crippen molar-refractivity contribution in [1.82, 2.24) is 19.9 Å². The Morgan fingerprint density at radius 3 is 2.59 bits per heavy atom. The molecule has 0 bridgehead atoms. The monoisotopic (exact) mass is 363 g/mol. The fourth-order valence-corrected chi connectivity index (χ4v) is 4.32. The highest BCUT2D eigenvalue weighted by atomic mass is 16.4. The van der Waals surface area contributed by atoms with Gasteiger partial charge in [-0.2, -0.15) is 4.98 Å². The molecule has 2 aliphatic rings. The van der Waals surface area contributed by atoms with Crippen molar-refractivity contribution in [2.24, 2.45) is 0 Å². The molecule has 6 nitrogen and oxygen atoms in total. The van der Waals surface area contributed by atoms with Crippen LogP contribution in [0.2, 0.25) is 0 Å². The summed E-state index contributed by atoms with van der Waals surface area (Å²) in [6.45, 7) is 4.55. The van der Waals surface area contributed by atoms with E-state index in [1.54, 1.807) is 6.20 Å². The largest absolute Gasteiger partial charge is 0.422 e. The molecule has 0 radical (unpaired) electrons. The van der Waals surface area contributed by atoms with Crippen molar-refractivity contribution in [2.75, 3.05) is 31.1 Å². The maximum atomic E-state index is 6.06. The van der Waals surface area contributed by atoms with Crippen molar-refractivity contribution in [3.63, 3.8) is 0 Å². The summed E-state index contributed by atoms with van der Waals surface area (Å²) >= 11 is 0. The third kappa shape index (κ3) is 3.41. The van der Waals surface area contributed by atoms with Crippen molar-refractivity contribution in [3.8, 4) is 11.3 Å². The molecule has 6 heteroatoms. The Morgan fingerprint density at radius 2 is 1.81 bits per heavy atom. The molecular weight excluding hydrogens is 338 g/mol. The predicted molar refractivity (Wildman–Crippen MR) is 106 cm³/mol. The fraction of sp³-hybridized carbons (Fsp3) is 0.476. The second kappa shape index (κ2) is 7.27. The number of likely N-dealkylation sites (tertiary alicyclic amines) is 1. The lowest BCUT2D eigenvalue weighted by molar-refractivity contribution is 0.140. The Kier molecular flexibility index (Phi) is 4.49. The minimum Gasteiger partial charge on any atom is -0.422 e. The summed E-state index contributed by atoms with van der Waals surface area (Å²) in [6.07, 6.45) is 10.1. The van der Waals surface area contributed by atoms with E-state index in [-0.39, 0.29) is 0 Å². The van der Waals surface area contributed by atoms with Gasteiger partial charge in [0.1, 0.15) is 0 Å². The molecule has 5 rings (SSSR count). The zero-order valence-corrected chi connectivity index (χ0v) is 15.5. The molecule has 2 aliphatic heterocycles. The minimum absolute atomic E-state index is 0.669. The first kappa shape index (κ1) is 16.7. The van der Waals surface area contributed by atoms with Crippen LogP contribution in [0.3, 0.4) is 0 Å². The SMILES string of the molecule is c1ccc(-c2cnc3nc(N4CCC(N5CCCCC5)CC4)oc3c2)nc1. The summed E-state index contributed by atoms with van der Waals surface area (Å²) in [5.41, 5.74) is 3.25. The summed E-state index contributed by atoms with van der Waals surface area (Å²) in [5, 5.41) is 0. The van der Waals surface area contributed by atoms with Gasteiger partial charge in [0.2, 0.25) is 5.65 Å². The smallest absolute Gasteiger partial charge is 0.299 e. The molecule has 2 fully saturated rings. The molecule has 3 aromatic heterocycles. The molecule has 0 atom stereocenters. The fourth-order valence-electron chi connectivity index (χ4n) is 4.32.